The Hall–Kier alpha value is -0.590. The van der Waals surface area contributed by atoms with Crippen LogP contribution in [0.25, 0.3) is 0 Å². The number of piperidine rings is 1. The minimum atomic E-state index is -0.311. The number of nitrogens with one attached hydrogen (secondary N) is 1. The van der Waals surface area contributed by atoms with Crippen LogP contribution in [0.1, 0.15) is 46.5 Å². The summed E-state index contributed by atoms with van der Waals surface area (Å²) in [5.41, 5.74) is -0.311. The van der Waals surface area contributed by atoms with Gasteiger partial charge in [-0.25, -0.2) is 0 Å². The first-order chi connectivity index (χ1) is 8.56. The van der Waals surface area contributed by atoms with E-state index in [-0.39, 0.29) is 5.54 Å². The summed E-state index contributed by atoms with van der Waals surface area (Å²) in [7, 11) is 1.90. The molecule has 0 amide bonds. The van der Waals surface area contributed by atoms with Crippen molar-refractivity contribution in [2.75, 3.05) is 26.7 Å². The number of nitrogens with zero attached hydrogens (tertiary/aromatic N) is 2. The minimum absolute atomic E-state index is 0.311. The summed E-state index contributed by atoms with van der Waals surface area (Å²) in [5, 5.41) is 12.5. The number of rotatable bonds is 6. The van der Waals surface area contributed by atoms with Crippen LogP contribution in [0.15, 0.2) is 0 Å². The molecule has 3 heteroatoms. The van der Waals surface area contributed by atoms with Crippen molar-refractivity contribution in [3.63, 3.8) is 0 Å². The maximum Gasteiger partial charge on any atom is 0.106 e. The third kappa shape index (κ3) is 3.96. The molecule has 0 radical (unpaired) electrons. The molecule has 0 aliphatic carbocycles. The van der Waals surface area contributed by atoms with Gasteiger partial charge in [-0.1, -0.05) is 20.8 Å². The Labute approximate surface area is 113 Å². The highest BCUT2D eigenvalue weighted by atomic mass is 15.1. The van der Waals surface area contributed by atoms with Gasteiger partial charge in [0.05, 0.1) is 6.07 Å². The molecular weight excluding hydrogens is 222 g/mol. The molecule has 1 rings (SSSR count). The van der Waals surface area contributed by atoms with Crippen LogP contribution in [0.5, 0.6) is 0 Å². The highest BCUT2D eigenvalue weighted by Crippen LogP contribution is 2.23. The van der Waals surface area contributed by atoms with E-state index in [2.05, 4.69) is 37.1 Å². The predicted octanol–water partition coefficient (Wildman–Crippen LogP) is 2.64. The number of hydrogen-bond acceptors (Lipinski definition) is 3. The van der Waals surface area contributed by atoms with E-state index >= 15 is 0 Å². The van der Waals surface area contributed by atoms with Gasteiger partial charge in [0.2, 0.25) is 0 Å². The highest BCUT2D eigenvalue weighted by molar-refractivity contribution is 5.05. The first kappa shape index (κ1) is 15.5. The third-order valence-electron chi connectivity index (χ3n) is 4.79. The van der Waals surface area contributed by atoms with Gasteiger partial charge in [0.1, 0.15) is 5.54 Å². The van der Waals surface area contributed by atoms with Crippen molar-refractivity contribution in [1.82, 2.24) is 10.2 Å². The Bertz CT molecular complexity index is 278. The number of hydrogen-bond donors (Lipinski definition) is 1. The van der Waals surface area contributed by atoms with Crippen molar-refractivity contribution in [3.8, 4) is 6.07 Å². The lowest BCUT2D eigenvalue weighted by Gasteiger charge is -2.36. The molecule has 1 saturated heterocycles. The van der Waals surface area contributed by atoms with Crippen molar-refractivity contribution in [3.05, 3.63) is 0 Å². The van der Waals surface area contributed by atoms with Crippen molar-refractivity contribution >= 4 is 0 Å². The Morgan fingerprint density at radius 2 is 2.11 bits per heavy atom. The second-order valence-electron chi connectivity index (χ2n) is 5.94. The first-order valence-corrected chi connectivity index (χ1v) is 7.39. The molecule has 1 fully saturated rings. The van der Waals surface area contributed by atoms with E-state index in [9.17, 15) is 5.26 Å². The average Bonchev–Trinajstić information content (AvgIpc) is 2.39. The Morgan fingerprint density at radius 3 is 2.61 bits per heavy atom. The van der Waals surface area contributed by atoms with Crippen molar-refractivity contribution in [1.29, 1.82) is 5.26 Å². The van der Waals surface area contributed by atoms with E-state index in [0.717, 1.165) is 37.6 Å². The van der Waals surface area contributed by atoms with Crippen LogP contribution >= 0.6 is 0 Å². The summed E-state index contributed by atoms with van der Waals surface area (Å²) in [4.78, 5) is 2.57. The van der Waals surface area contributed by atoms with Crippen LogP contribution < -0.4 is 5.32 Å². The monoisotopic (exact) mass is 251 g/mol. The summed E-state index contributed by atoms with van der Waals surface area (Å²) >= 11 is 0. The van der Waals surface area contributed by atoms with Gasteiger partial charge in [0, 0.05) is 6.54 Å². The molecule has 1 aliphatic heterocycles. The van der Waals surface area contributed by atoms with Crippen LogP contribution in [-0.2, 0) is 0 Å². The van der Waals surface area contributed by atoms with Crippen LogP contribution in [0.4, 0.5) is 0 Å². The van der Waals surface area contributed by atoms with Gasteiger partial charge < -0.3 is 10.2 Å². The summed E-state index contributed by atoms with van der Waals surface area (Å²) < 4.78 is 0. The van der Waals surface area contributed by atoms with Crippen LogP contribution in [0, 0.1) is 23.2 Å². The third-order valence-corrected chi connectivity index (χ3v) is 4.79. The van der Waals surface area contributed by atoms with Crippen LogP contribution in [0.3, 0.4) is 0 Å². The lowest BCUT2D eigenvalue weighted by Crippen LogP contribution is -2.43. The highest BCUT2D eigenvalue weighted by Gasteiger charge is 2.26. The summed E-state index contributed by atoms with van der Waals surface area (Å²) in [6.45, 7) is 10.4. The summed E-state index contributed by atoms with van der Waals surface area (Å²) in [5.74, 6) is 1.68. The molecule has 104 valence electrons. The zero-order chi connectivity index (χ0) is 13.6. The molecule has 0 spiro atoms. The zero-order valence-electron chi connectivity index (χ0n) is 12.5. The maximum atomic E-state index is 9.26. The molecule has 0 aromatic heterocycles. The quantitative estimate of drug-likeness (QED) is 0.789. The smallest absolute Gasteiger partial charge is 0.106 e. The first-order valence-electron chi connectivity index (χ1n) is 7.39. The number of nitriles is 1. The predicted molar refractivity (Wildman–Crippen MR) is 76.3 cm³/mol. The van der Waals surface area contributed by atoms with E-state index in [1.165, 1.54) is 19.5 Å². The largest absolute Gasteiger partial charge is 0.303 e. The minimum Gasteiger partial charge on any atom is -0.303 e. The Kier molecular flexibility index (Phi) is 6.11. The van der Waals surface area contributed by atoms with Crippen molar-refractivity contribution in [2.45, 2.75) is 52.0 Å². The molecule has 1 heterocycles. The molecule has 3 nitrogen and oxygen atoms in total. The van der Waals surface area contributed by atoms with E-state index in [1.54, 1.807) is 0 Å². The van der Waals surface area contributed by atoms with Gasteiger partial charge >= 0.3 is 0 Å². The van der Waals surface area contributed by atoms with E-state index < -0.39 is 0 Å². The molecule has 1 N–H and O–H groups in total. The molecule has 3 atom stereocenters. The zero-order valence-corrected chi connectivity index (χ0v) is 12.5. The second kappa shape index (κ2) is 7.11. The van der Waals surface area contributed by atoms with Gasteiger partial charge in [-0.3, -0.25) is 0 Å². The molecule has 0 aromatic rings. The van der Waals surface area contributed by atoms with Crippen LogP contribution in [0.2, 0.25) is 0 Å². The molecule has 1 aliphatic rings. The summed E-state index contributed by atoms with van der Waals surface area (Å²) in [6.07, 6.45) is 4.28. The number of likely N-dealkylation sites (tertiary alicyclic amines) is 1. The second-order valence-corrected chi connectivity index (χ2v) is 5.94. The van der Waals surface area contributed by atoms with Gasteiger partial charge in [-0.2, -0.15) is 5.26 Å². The fourth-order valence-electron chi connectivity index (χ4n) is 2.83. The lowest BCUT2D eigenvalue weighted by molar-refractivity contribution is 0.134. The Balaban J connectivity index is 2.32. The molecule has 18 heavy (non-hydrogen) atoms. The van der Waals surface area contributed by atoms with E-state index in [0.29, 0.717) is 0 Å². The van der Waals surface area contributed by atoms with Gasteiger partial charge in [-0.05, 0) is 57.7 Å². The summed E-state index contributed by atoms with van der Waals surface area (Å²) in [6, 6.07) is 2.44. The fourth-order valence-corrected chi connectivity index (χ4v) is 2.83. The molecule has 0 saturated carbocycles. The molecule has 0 bridgehead atoms. The molecule has 3 unspecified atom stereocenters. The lowest BCUT2D eigenvalue weighted by atomic mass is 9.88. The fraction of sp³-hybridized carbons (Fsp3) is 0.933. The average molecular weight is 251 g/mol. The van der Waals surface area contributed by atoms with Crippen molar-refractivity contribution in [2.24, 2.45) is 11.8 Å². The SMILES string of the molecule is CCC(C#N)(CCCN1CCC(C)C(C)C1)NC. The van der Waals surface area contributed by atoms with Crippen molar-refractivity contribution < 1.29 is 0 Å². The topological polar surface area (TPSA) is 39.1 Å². The van der Waals surface area contributed by atoms with E-state index in [4.69, 9.17) is 0 Å². The maximum absolute atomic E-state index is 9.26. The van der Waals surface area contributed by atoms with E-state index in [1.807, 2.05) is 7.05 Å². The van der Waals surface area contributed by atoms with Gasteiger partial charge in [-0.15, -0.1) is 0 Å². The normalized spacial score (nSPS) is 28.6. The Morgan fingerprint density at radius 1 is 1.39 bits per heavy atom. The van der Waals surface area contributed by atoms with Crippen LogP contribution in [-0.4, -0.2) is 37.1 Å². The molecule has 0 aromatic carbocycles. The van der Waals surface area contributed by atoms with Gasteiger partial charge in [0.15, 0.2) is 0 Å². The van der Waals surface area contributed by atoms with Gasteiger partial charge in [0.25, 0.3) is 0 Å². The standard InChI is InChI=1S/C15H29N3/c1-5-15(12-16,17-4)8-6-9-18-10-7-13(2)14(3)11-18/h13-14,17H,5-11H2,1-4H3. The molecular formula is C15H29N3.